The molecule has 4 nitrogen and oxygen atoms in total. The maximum atomic E-state index is 5.85. The van der Waals surface area contributed by atoms with Crippen molar-refractivity contribution < 1.29 is 0 Å². The van der Waals surface area contributed by atoms with Crippen LogP contribution in [0.5, 0.6) is 0 Å². The van der Waals surface area contributed by atoms with Crippen molar-refractivity contribution >= 4 is 22.4 Å². The summed E-state index contributed by atoms with van der Waals surface area (Å²) in [6.07, 6.45) is 1.11. The zero-order chi connectivity index (χ0) is 12.0. The Bertz CT molecular complexity index is 558. The standard InChI is InChI=1S/C13H18N4/c1-3-12-8(2)7-15-13-10-6-9(14)4-5-11(10)16-17(12)13/h4-6,8,12,15H,3,7,14H2,1-2H3. The molecule has 0 bridgehead atoms. The minimum Gasteiger partial charge on any atom is -0.399 e. The molecule has 17 heavy (non-hydrogen) atoms. The summed E-state index contributed by atoms with van der Waals surface area (Å²) in [6, 6.07) is 6.39. The molecule has 2 heterocycles. The summed E-state index contributed by atoms with van der Waals surface area (Å²) >= 11 is 0. The topological polar surface area (TPSA) is 55.9 Å². The molecule has 0 amide bonds. The minimum atomic E-state index is 0.486. The lowest BCUT2D eigenvalue weighted by molar-refractivity contribution is 0.315. The third-order valence-corrected chi connectivity index (χ3v) is 3.70. The van der Waals surface area contributed by atoms with E-state index in [1.165, 1.54) is 0 Å². The van der Waals surface area contributed by atoms with Crippen LogP contribution in [0, 0.1) is 5.92 Å². The summed E-state index contributed by atoms with van der Waals surface area (Å²) in [7, 11) is 0. The third kappa shape index (κ3) is 1.47. The van der Waals surface area contributed by atoms with E-state index < -0.39 is 0 Å². The second kappa shape index (κ2) is 3.65. The fraction of sp³-hybridized carbons (Fsp3) is 0.462. The highest BCUT2D eigenvalue weighted by Gasteiger charge is 2.27. The molecule has 0 spiro atoms. The molecule has 0 radical (unpaired) electrons. The van der Waals surface area contributed by atoms with Crippen LogP contribution in [-0.2, 0) is 0 Å². The van der Waals surface area contributed by atoms with Crippen LogP contribution >= 0.6 is 0 Å². The lowest BCUT2D eigenvalue weighted by Crippen LogP contribution is -2.30. The maximum Gasteiger partial charge on any atom is 0.132 e. The number of benzene rings is 1. The van der Waals surface area contributed by atoms with E-state index in [2.05, 4.69) is 23.8 Å². The van der Waals surface area contributed by atoms with Gasteiger partial charge in [0.05, 0.1) is 11.6 Å². The Labute approximate surface area is 101 Å². The molecule has 3 rings (SSSR count). The van der Waals surface area contributed by atoms with Gasteiger partial charge in [0, 0.05) is 17.6 Å². The average Bonchev–Trinajstić information content (AvgIpc) is 2.67. The molecule has 1 aromatic heterocycles. The monoisotopic (exact) mass is 230 g/mol. The van der Waals surface area contributed by atoms with Crippen LogP contribution in [0.2, 0.25) is 0 Å². The van der Waals surface area contributed by atoms with Crippen LogP contribution < -0.4 is 11.1 Å². The van der Waals surface area contributed by atoms with Gasteiger partial charge >= 0.3 is 0 Å². The number of nitrogens with one attached hydrogen (secondary N) is 1. The first kappa shape index (κ1) is 10.4. The minimum absolute atomic E-state index is 0.486. The van der Waals surface area contributed by atoms with Crippen LogP contribution in [0.1, 0.15) is 26.3 Å². The van der Waals surface area contributed by atoms with Crippen molar-refractivity contribution in [3.05, 3.63) is 18.2 Å². The van der Waals surface area contributed by atoms with Gasteiger partial charge in [0.15, 0.2) is 0 Å². The van der Waals surface area contributed by atoms with Crippen LogP contribution in [0.3, 0.4) is 0 Å². The highest BCUT2D eigenvalue weighted by atomic mass is 15.4. The lowest BCUT2D eigenvalue weighted by Gasteiger charge is -2.30. The first-order valence-corrected chi connectivity index (χ1v) is 6.22. The van der Waals surface area contributed by atoms with Gasteiger partial charge in [-0.2, -0.15) is 5.10 Å². The van der Waals surface area contributed by atoms with E-state index in [1.54, 1.807) is 0 Å². The zero-order valence-corrected chi connectivity index (χ0v) is 10.3. The van der Waals surface area contributed by atoms with E-state index in [9.17, 15) is 0 Å². The predicted octanol–water partition coefficient (Wildman–Crippen LogP) is 2.63. The van der Waals surface area contributed by atoms with Gasteiger partial charge in [-0.15, -0.1) is 0 Å². The van der Waals surface area contributed by atoms with Crippen LogP contribution in [0.15, 0.2) is 18.2 Å². The van der Waals surface area contributed by atoms with Crippen LogP contribution in [-0.4, -0.2) is 16.3 Å². The van der Waals surface area contributed by atoms with Gasteiger partial charge in [-0.1, -0.05) is 13.8 Å². The van der Waals surface area contributed by atoms with Gasteiger partial charge < -0.3 is 11.1 Å². The van der Waals surface area contributed by atoms with Crippen LogP contribution in [0.4, 0.5) is 11.5 Å². The number of hydrogen-bond donors (Lipinski definition) is 2. The quantitative estimate of drug-likeness (QED) is 0.740. The highest BCUT2D eigenvalue weighted by molar-refractivity contribution is 5.92. The molecule has 2 unspecified atom stereocenters. The summed E-state index contributed by atoms with van der Waals surface area (Å²) < 4.78 is 2.14. The number of fused-ring (bicyclic) bond motifs is 3. The molecule has 1 aliphatic heterocycles. The molecule has 90 valence electrons. The molecular formula is C13H18N4. The highest BCUT2D eigenvalue weighted by Crippen LogP contribution is 2.35. The number of rotatable bonds is 1. The second-order valence-electron chi connectivity index (χ2n) is 4.90. The molecule has 1 aromatic carbocycles. The van der Waals surface area contributed by atoms with Crippen molar-refractivity contribution in [2.45, 2.75) is 26.3 Å². The molecule has 0 saturated heterocycles. The van der Waals surface area contributed by atoms with Gasteiger partial charge in [-0.25, -0.2) is 4.68 Å². The second-order valence-corrected chi connectivity index (χ2v) is 4.90. The van der Waals surface area contributed by atoms with E-state index in [4.69, 9.17) is 10.8 Å². The molecule has 0 saturated carbocycles. The fourth-order valence-electron chi connectivity index (χ4n) is 2.75. The Morgan fingerprint density at radius 1 is 1.53 bits per heavy atom. The number of aromatic nitrogens is 2. The normalized spacial score (nSPS) is 23.4. The summed E-state index contributed by atoms with van der Waals surface area (Å²) in [4.78, 5) is 0. The van der Waals surface area contributed by atoms with E-state index in [1.807, 2.05) is 18.2 Å². The number of nitrogen functional groups attached to an aromatic ring is 1. The molecule has 2 aromatic rings. The summed E-state index contributed by atoms with van der Waals surface area (Å²) in [6.45, 7) is 5.50. The largest absolute Gasteiger partial charge is 0.399 e. The number of anilines is 2. The maximum absolute atomic E-state index is 5.85. The fourth-order valence-corrected chi connectivity index (χ4v) is 2.75. The number of nitrogens with two attached hydrogens (primary N) is 1. The zero-order valence-electron chi connectivity index (χ0n) is 10.3. The van der Waals surface area contributed by atoms with Gasteiger partial charge in [0.1, 0.15) is 5.82 Å². The first-order chi connectivity index (χ1) is 8.20. The SMILES string of the molecule is CCC1C(C)CNc2c3cc(N)ccc3nn21. The van der Waals surface area contributed by atoms with E-state index in [0.717, 1.165) is 35.4 Å². The summed E-state index contributed by atoms with van der Waals surface area (Å²) in [5, 5.41) is 9.30. The van der Waals surface area contributed by atoms with Crippen molar-refractivity contribution in [1.29, 1.82) is 0 Å². The Balaban J connectivity index is 2.23. The number of nitrogens with zero attached hydrogens (tertiary/aromatic N) is 2. The number of hydrogen-bond acceptors (Lipinski definition) is 3. The summed E-state index contributed by atoms with van der Waals surface area (Å²) in [5.74, 6) is 1.73. The Hall–Kier alpha value is -1.71. The summed E-state index contributed by atoms with van der Waals surface area (Å²) in [5.41, 5.74) is 7.66. The predicted molar refractivity (Wildman–Crippen MR) is 71.1 cm³/mol. The van der Waals surface area contributed by atoms with E-state index in [0.29, 0.717) is 12.0 Å². The smallest absolute Gasteiger partial charge is 0.132 e. The Kier molecular flexibility index (Phi) is 2.24. The van der Waals surface area contributed by atoms with Crippen molar-refractivity contribution in [3.8, 4) is 0 Å². The molecule has 2 atom stereocenters. The van der Waals surface area contributed by atoms with Crippen molar-refractivity contribution in [2.75, 3.05) is 17.6 Å². The van der Waals surface area contributed by atoms with Gasteiger partial charge in [0.2, 0.25) is 0 Å². The molecule has 0 aliphatic carbocycles. The van der Waals surface area contributed by atoms with Gasteiger partial charge in [-0.05, 0) is 30.5 Å². The molecule has 1 aliphatic rings. The third-order valence-electron chi connectivity index (χ3n) is 3.70. The van der Waals surface area contributed by atoms with E-state index in [-0.39, 0.29) is 0 Å². The Morgan fingerprint density at radius 3 is 3.12 bits per heavy atom. The lowest BCUT2D eigenvalue weighted by atomic mass is 9.98. The van der Waals surface area contributed by atoms with Crippen molar-refractivity contribution in [3.63, 3.8) is 0 Å². The first-order valence-electron chi connectivity index (χ1n) is 6.22. The molecular weight excluding hydrogens is 212 g/mol. The average molecular weight is 230 g/mol. The molecule has 0 fully saturated rings. The van der Waals surface area contributed by atoms with Crippen molar-refractivity contribution in [2.24, 2.45) is 5.92 Å². The van der Waals surface area contributed by atoms with Gasteiger partial charge in [0.25, 0.3) is 0 Å². The van der Waals surface area contributed by atoms with Gasteiger partial charge in [-0.3, -0.25) is 0 Å². The van der Waals surface area contributed by atoms with E-state index >= 15 is 0 Å². The van der Waals surface area contributed by atoms with Crippen LogP contribution in [0.25, 0.3) is 10.9 Å². The Morgan fingerprint density at radius 2 is 2.35 bits per heavy atom. The van der Waals surface area contributed by atoms with Crippen molar-refractivity contribution in [1.82, 2.24) is 9.78 Å². The molecule has 3 N–H and O–H groups in total. The molecule has 4 heteroatoms.